The van der Waals surface area contributed by atoms with Crippen molar-refractivity contribution >= 4 is 11.9 Å². The molecular weight excluding hydrogens is 254 g/mol. The van der Waals surface area contributed by atoms with Crippen molar-refractivity contribution in [2.24, 2.45) is 11.3 Å². The first-order valence-electron chi connectivity index (χ1n) is 7.20. The Morgan fingerprint density at radius 3 is 2.45 bits per heavy atom. The zero-order chi connectivity index (χ0) is 14.2. The molecule has 0 saturated heterocycles. The van der Waals surface area contributed by atoms with Crippen molar-refractivity contribution in [1.29, 1.82) is 0 Å². The molecule has 2 atom stereocenters. The molecule has 106 valence electrons. The van der Waals surface area contributed by atoms with E-state index in [1.165, 1.54) is 12.8 Å². The van der Waals surface area contributed by atoms with Gasteiger partial charge in [-0.2, -0.15) is 0 Å². The van der Waals surface area contributed by atoms with Crippen LogP contribution in [0.2, 0.25) is 0 Å². The molecule has 2 fully saturated rings. The van der Waals surface area contributed by atoms with Crippen LogP contribution < -0.4 is 5.32 Å². The minimum atomic E-state index is -1.01. The third kappa shape index (κ3) is 2.30. The van der Waals surface area contributed by atoms with Gasteiger partial charge in [0, 0.05) is 5.92 Å². The maximum absolute atomic E-state index is 12.3. The molecule has 1 spiro atoms. The van der Waals surface area contributed by atoms with Crippen LogP contribution in [0.5, 0.6) is 0 Å². The second-order valence-corrected chi connectivity index (χ2v) is 6.02. The highest BCUT2D eigenvalue weighted by Gasteiger charge is 2.58. The summed E-state index contributed by atoms with van der Waals surface area (Å²) >= 11 is 0. The van der Waals surface area contributed by atoms with E-state index in [9.17, 15) is 14.7 Å². The van der Waals surface area contributed by atoms with Gasteiger partial charge in [0.15, 0.2) is 6.04 Å². The van der Waals surface area contributed by atoms with Gasteiger partial charge in [-0.15, -0.1) is 0 Å². The predicted octanol–water partition coefficient (Wildman–Crippen LogP) is 2.51. The maximum atomic E-state index is 12.3. The van der Waals surface area contributed by atoms with E-state index in [2.05, 4.69) is 5.32 Å². The average molecular weight is 273 g/mol. The van der Waals surface area contributed by atoms with Crippen LogP contribution in [0.4, 0.5) is 0 Å². The van der Waals surface area contributed by atoms with Crippen LogP contribution in [0.3, 0.4) is 0 Å². The normalized spacial score (nSPS) is 24.3. The molecule has 0 aliphatic heterocycles. The molecule has 2 saturated carbocycles. The number of carbonyl (C=O) groups excluding carboxylic acids is 1. The largest absolute Gasteiger partial charge is 0.479 e. The van der Waals surface area contributed by atoms with E-state index in [-0.39, 0.29) is 17.2 Å². The maximum Gasteiger partial charge on any atom is 0.330 e. The topological polar surface area (TPSA) is 66.4 Å². The standard InChI is InChI=1S/C16H19NO3/c18-14(12-10-16(12)8-4-5-9-16)17-13(15(19)20)11-6-2-1-3-7-11/h1-3,6-7,12-13H,4-5,8-10H2,(H,17,18)(H,19,20)/t12?,13-/m1/s1. The van der Waals surface area contributed by atoms with Crippen molar-refractivity contribution in [3.63, 3.8) is 0 Å². The van der Waals surface area contributed by atoms with E-state index in [0.29, 0.717) is 5.56 Å². The summed E-state index contributed by atoms with van der Waals surface area (Å²) in [7, 11) is 0. The van der Waals surface area contributed by atoms with Gasteiger partial charge < -0.3 is 10.4 Å². The molecule has 0 radical (unpaired) electrons. The fourth-order valence-electron chi connectivity index (χ4n) is 3.53. The lowest BCUT2D eigenvalue weighted by Gasteiger charge is -2.16. The summed E-state index contributed by atoms with van der Waals surface area (Å²) < 4.78 is 0. The van der Waals surface area contributed by atoms with Crippen LogP contribution in [-0.2, 0) is 9.59 Å². The summed E-state index contributed by atoms with van der Waals surface area (Å²) in [4.78, 5) is 23.7. The first-order valence-corrected chi connectivity index (χ1v) is 7.20. The first-order chi connectivity index (χ1) is 9.62. The minimum Gasteiger partial charge on any atom is -0.479 e. The van der Waals surface area contributed by atoms with Crippen molar-refractivity contribution < 1.29 is 14.7 Å². The molecule has 3 rings (SSSR count). The predicted molar refractivity (Wildman–Crippen MR) is 74.0 cm³/mol. The molecule has 1 aromatic rings. The van der Waals surface area contributed by atoms with Gasteiger partial charge in [0.1, 0.15) is 0 Å². The molecule has 2 N–H and O–H groups in total. The van der Waals surface area contributed by atoms with Crippen molar-refractivity contribution in [3.05, 3.63) is 35.9 Å². The van der Waals surface area contributed by atoms with Crippen LogP contribution in [0.1, 0.15) is 43.7 Å². The Bertz CT molecular complexity index is 520. The van der Waals surface area contributed by atoms with E-state index >= 15 is 0 Å². The number of hydrogen-bond donors (Lipinski definition) is 2. The van der Waals surface area contributed by atoms with Crippen LogP contribution in [-0.4, -0.2) is 17.0 Å². The van der Waals surface area contributed by atoms with E-state index in [0.717, 1.165) is 19.3 Å². The van der Waals surface area contributed by atoms with Gasteiger partial charge in [-0.3, -0.25) is 4.79 Å². The summed E-state index contributed by atoms with van der Waals surface area (Å²) in [6, 6.07) is 7.93. The lowest BCUT2D eigenvalue weighted by molar-refractivity contribution is -0.142. The fourth-order valence-corrected chi connectivity index (χ4v) is 3.53. The second-order valence-electron chi connectivity index (χ2n) is 6.02. The van der Waals surface area contributed by atoms with Crippen LogP contribution in [0.15, 0.2) is 30.3 Å². The Morgan fingerprint density at radius 2 is 1.85 bits per heavy atom. The third-order valence-corrected chi connectivity index (χ3v) is 4.77. The smallest absolute Gasteiger partial charge is 0.330 e. The van der Waals surface area contributed by atoms with Gasteiger partial charge in [0.05, 0.1) is 0 Å². The Kier molecular flexibility index (Phi) is 3.24. The van der Waals surface area contributed by atoms with Crippen molar-refractivity contribution in [2.45, 2.75) is 38.1 Å². The molecule has 4 heteroatoms. The Balaban J connectivity index is 1.69. The highest BCUT2D eigenvalue weighted by Crippen LogP contribution is 2.62. The molecule has 1 amide bonds. The van der Waals surface area contributed by atoms with Crippen LogP contribution in [0.25, 0.3) is 0 Å². The van der Waals surface area contributed by atoms with Gasteiger partial charge in [-0.1, -0.05) is 43.2 Å². The van der Waals surface area contributed by atoms with E-state index in [1.54, 1.807) is 24.3 Å². The SMILES string of the molecule is O=C(N[C@@H](C(=O)O)c1ccccc1)C1CC12CCCC2. The van der Waals surface area contributed by atoms with E-state index in [4.69, 9.17) is 0 Å². The molecule has 4 nitrogen and oxygen atoms in total. The number of carboxylic acid groups (broad SMARTS) is 1. The molecule has 20 heavy (non-hydrogen) atoms. The first kappa shape index (κ1) is 13.2. The average Bonchev–Trinajstić information content (AvgIpc) is 2.94. The van der Waals surface area contributed by atoms with Crippen LogP contribution in [0, 0.1) is 11.3 Å². The Morgan fingerprint density at radius 1 is 1.20 bits per heavy atom. The number of aliphatic carboxylic acids is 1. The number of rotatable bonds is 4. The molecule has 0 heterocycles. The molecule has 2 aliphatic rings. The summed E-state index contributed by atoms with van der Waals surface area (Å²) in [6.07, 6.45) is 5.57. The number of amides is 1. The monoisotopic (exact) mass is 273 g/mol. The molecular formula is C16H19NO3. The molecule has 1 aromatic carbocycles. The molecule has 1 unspecified atom stereocenters. The second kappa shape index (κ2) is 4.93. The summed E-state index contributed by atoms with van der Waals surface area (Å²) in [5.74, 6) is -1.08. The summed E-state index contributed by atoms with van der Waals surface area (Å²) in [5.41, 5.74) is 0.818. The lowest BCUT2D eigenvalue weighted by Crippen LogP contribution is -2.35. The van der Waals surface area contributed by atoms with Gasteiger partial charge in [-0.05, 0) is 30.2 Å². The quantitative estimate of drug-likeness (QED) is 0.885. The number of hydrogen-bond acceptors (Lipinski definition) is 2. The number of nitrogens with one attached hydrogen (secondary N) is 1. The minimum absolute atomic E-state index is 0.0237. The molecule has 0 aromatic heterocycles. The Hall–Kier alpha value is -1.84. The summed E-state index contributed by atoms with van der Waals surface area (Å²) in [6.45, 7) is 0. The van der Waals surface area contributed by atoms with Crippen LogP contribution >= 0.6 is 0 Å². The van der Waals surface area contributed by atoms with Gasteiger partial charge in [0.25, 0.3) is 0 Å². The zero-order valence-corrected chi connectivity index (χ0v) is 11.3. The van der Waals surface area contributed by atoms with Crippen molar-refractivity contribution in [2.75, 3.05) is 0 Å². The van der Waals surface area contributed by atoms with Gasteiger partial charge >= 0.3 is 5.97 Å². The van der Waals surface area contributed by atoms with Gasteiger partial charge in [-0.25, -0.2) is 4.79 Å². The third-order valence-electron chi connectivity index (χ3n) is 4.77. The lowest BCUT2D eigenvalue weighted by atomic mass is 10.0. The fraction of sp³-hybridized carbons (Fsp3) is 0.500. The molecule has 0 bridgehead atoms. The highest BCUT2D eigenvalue weighted by molar-refractivity contribution is 5.88. The van der Waals surface area contributed by atoms with E-state index in [1.807, 2.05) is 6.07 Å². The number of benzene rings is 1. The number of carboxylic acids is 1. The van der Waals surface area contributed by atoms with Gasteiger partial charge in [0.2, 0.25) is 5.91 Å². The molecule has 2 aliphatic carbocycles. The zero-order valence-electron chi connectivity index (χ0n) is 11.3. The Labute approximate surface area is 118 Å². The number of carbonyl (C=O) groups is 2. The highest BCUT2D eigenvalue weighted by atomic mass is 16.4. The summed E-state index contributed by atoms with van der Waals surface area (Å²) in [5, 5.41) is 12.0. The van der Waals surface area contributed by atoms with E-state index < -0.39 is 12.0 Å². The van der Waals surface area contributed by atoms with Crippen molar-refractivity contribution in [1.82, 2.24) is 5.32 Å². The van der Waals surface area contributed by atoms with Crippen molar-refractivity contribution in [3.8, 4) is 0 Å².